The zero-order chi connectivity index (χ0) is 16.9. The molecule has 1 N–H and O–H groups in total. The summed E-state index contributed by atoms with van der Waals surface area (Å²) in [7, 11) is 1.61. The van der Waals surface area contributed by atoms with Gasteiger partial charge in [-0.1, -0.05) is 19.1 Å². The van der Waals surface area contributed by atoms with Crippen molar-refractivity contribution >= 4 is 17.7 Å². The fraction of sp³-hybridized carbons (Fsp3) is 0.150. The Morgan fingerprint density at radius 3 is 2.67 bits per heavy atom. The van der Waals surface area contributed by atoms with Crippen molar-refractivity contribution in [3.8, 4) is 11.5 Å². The van der Waals surface area contributed by atoms with Crippen LogP contribution in [0.5, 0.6) is 11.5 Å². The van der Waals surface area contributed by atoms with Gasteiger partial charge in [-0.05, 0) is 54.5 Å². The highest BCUT2D eigenvalue weighted by Gasteiger charge is 2.13. The van der Waals surface area contributed by atoms with Crippen LogP contribution in [0.15, 0.2) is 60.4 Å². The maximum absolute atomic E-state index is 12.5. The molecule has 0 saturated carbocycles. The smallest absolute Gasteiger partial charge is 0.255 e. The first-order valence-electron chi connectivity index (χ1n) is 7.83. The van der Waals surface area contributed by atoms with E-state index in [4.69, 9.17) is 9.47 Å². The van der Waals surface area contributed by atoms with Gasteiger partial charge in [0.2, 0.25) is 0 Å². The summed E-state index contributed by atoms with van der Waals surface area (Å²) in [5, 5.41) is 2.90. The van der Waals surface area contributed by atoms with Crippen molar-refractivity contribution in [2.75, 3.05) is 12.4 Å². The molecule has 3 rings (SSSR count). The number of carbonyl (C=O) groups is 1. The number of methoxy groups -OCH3 is 1. The van der Waals surface area contributed by atoms with E-state index < -0.39 is 0 Å². The molecule has 0 aliphatic carbocycles. The predicted octanol–water partition coefficient (Wildman–Crippen LogP) is 4.19. The average Bonchev–Trinajstić information content (AvgIpc) is 2.84. The van der Waals surface area contributed by atoms with E-state index in [1.165, 1.54) is 11.8 Å². The van der Waals surface area contributed by atoms with Gasteiger partial charge in [-0.25, -0.2) is 0 Å². The highest BCUT2D eigenvalue weighted by Crippen LogP contribution is 2.29. The van der Waals surface area contributed by atoms with Crippen LogP contribution in [0.25, 0.3) is 6.08 Å². The maximum Gasteiger partial charge on any atom is 0.255 e. The van der Waals surface area contributed by atoms with Crippen molar-refractivity contribution in [2.45, 2.75) is 13.3 Å². The minimum atomic E-state index is -0.185. The zero-order valence-electron chi connectivity index (χ0n) is 13.7. The van der Waals surface area contributed by atoms with Gasteiger partial charge in [0, 0.05) is 16.8 Å². The summed E-state index contributed by atoms with van der Waals surface area (Å²) >= 11 is 0. The second-order valence-electron chi connectivity index (χ2n) is 5.43. The Labute approximate surface area is 141 Å². The molecule has 0 aromatic heterocycles. The summed E-state index contributed by atoms with van der Waals surface area (Å²) < 4.78 is 10.8. The molecule has 1 aliphatic rings. The van der Waals surface area contributed by atoms with Gasteiger partial charge in [0.05, 0.1) is 13.4 Å². The molecule has 1 aliphatic heterocycles. The van der Waals surface area contributed by atoms with E-state index in [1.807, 2.05) is 42.5 Å². The van der Waals surface area contributed by atoms with E-state index in [1.54, 1.807) is 19.3 Å². The quantitative estimate of drug-likeness (QED) is 0.918. The van der Waals surface area contributed by atoms with E-state index in [9.17, 15) is 4.79 Å². The SMILES string of the molecule is CCc1ccc(NC(=O)C2=Cc3cc(OC)ccc3OC=C2)cc1. The predicted molar refractivity (Wildman–Crippen MR) is 95.2 cm³/mol. The van der Waals surface area contributed by atoms with Crippen molar-refractivity contribution in [3.05, 3.63) is 71.5 Å². The first-order chi connectivity index (χ1) is 11.7. The lowest BCUT2D eigenvalue weighted by atomic mass is 10.1. The molecule has 4 heteroatoms. The van der Waals surface area contributed by atoms with Crippen LogP contribution in [0, 0.1) is 0 Å². The fourth-order valence-electron chi connectivity index (χ4n) is 2.44. The molecular weight excluding hydrogens is 302 g/mol. The maximum atomic E-state index is 12.5. The Kier molecular flexibility index (Phi) is 4.66. The molecule has 0 atom stereocenters. The van der Waals surface area contributed by atoms with Crippen LogP contribution in [0.4, 0.5) is 5.69 Å². The van der Waals surface area contributed by atoms with Crippen LogP contribution in [0.2, 0.25) is 0 Å². The summed E-state index contributed by atoms with van der Waals surface area (Å²) in [6, 6.07) is 13.3. The van der Waals surface area contributed by atoms with E-state index in [0.717, 1.165) is 17.7 Å². The van der Waals surface area contributed by atoms with Crippen LogP contribution >= 0.6 is 0 Å². The number of nitrogens with one attached hydrogen (secondary N) is 1. The number of benzene rings is 2. The number of hydrogen-bond acceptors (Lipinski definition) is 3. The topological polar surface area (TPSA) is 47.6 Å². The highest BCUT2D eigenvalue weighted by molar-refractivity contribution is 6.09. The number of fused-ring (bicyclic) bond motifs is 1. The Morgan fingerprint density at radius 2 is 1.96 bits per heavy atom. The lowest BCUT2D eigenvalue weighted by Gasteiger charge is -2.07. The number of carbonyl (C=O) groups excluding carboxylic acids is 1. The first-order valence-corrected chi connectivity index (χ1v) is 7.83. The van der Waals surface area contributed by atoms with Crippen LogP contribution in [-0.4, -0.2) is 13.0 Å². The van der Waals surface area contributed by atoms with Crippen molar-refractivity contribution < 1.29 is 14.3 Å². The summed E-state index contributed by atoms with van der Waals surface area (Å²) in [5.41, 5.74) is 3.31. The van der Waals surface area contributed by atoms with E-state index in [-0.39, 0.29) is 5.91 Å². The van der Waals surface area contributed by atoms with Gasteiger partial charge >= 0.3 is 0 Å². The molecule has 0 unspecified atom stereocenters. The summed E-state index contributed by atoms with van der Waals surface area (Å²) in [4.78, 5) is 12.5. The highest BCUT2D eigenvalue weighted by atomic mass is 16.5. The van der Waals surface area contributed by atoms with Crippen molar-refractivity contribution in [1.82, 2.24) is 0 Å². The molecule has 0 radical (unpaired) electrons. The van der Waals surface area contributed by atoms with Gasteiger partial charge in [-0.15, -0.1) is 0 Å². The fourth-order valence-corrected chi connectivity index (χ4v) is 2.44. The molecule has 0 spiro atoms. The second kappa shape index (κ2) is 7.04. The third-order valence-electron chi connectivity index (χ3n) is 3.85. The summed E-state index contributed by atoms with van der Waals surface area (Å²) in [6.45, 7) is 2.10. The Bertz CT molecular complexity index is 804. The third-order valence-corrected chi connectivity index (χ3v) is 3.85. The van der Waals surface area contributed by atoms with Gasteiger partial charge in [0.25, 0.3) is 5.91 Å². The lowest BCUT2D eigenvalue weighted by Crippen LogP contribution is -2.13. The van der Waals surface area contributed by atoms with Crippen LogP contribution < -0.4 is 14.8 Å². The van der Waals surface area contributed by atoms with Gasteiger partial charge in [-0.2, -0.15) is 0 Å². The molecule has 2 aromatic rings. The minimum absolute atomic E-state index is 0.185. The number of hydrogen-bond donors (Lipinski definition) is 1. The second-order valence-corrected chi connectivity index (χ2v) is 5.43. The molecule has 2 aromatic carbocycles. The number of anilines is 1. The standard InChI is InChI=1S/C20H19NO3/c1-3-14-4-6-17(7-5-14)21-20(22)15-10-11-24-19-9-8-18(23-2)13-16(19)12-15/h4-13H,3H2,1-2H3,(H,21,22). The van der Waals surface area contributed by atoms with Crippen molar-refractivity contribution in [1.29, 1.82) is 0 Å². The largest absolute Gasteiger partial charge is 0.497 e. The zero-order valence-corrected chi connectivity index (χ0v) is 13.7. The van der Waals surface area contributed by atoms with Crippen LogP contribution in [0.3, 0.4) is 0 Å². The Balaban J connectivity index is 1.83. The normalized spacial score (nSPS) is 12.5. The van der Waals surface area contributed by atoms with E-state index in [0.29, 0.717) is 17.1 Å². The van der Waals surface area contributed by atoms with Gasteiger partial charge in [0.15, 0.2) is 0 Å². The first kappa shape index (κ1) is 15.9. The molecule has 1 heterocycles. The molecule has 0 fully saturated rings. The molecule has 4 nitrogen and oxygen atoms in total. The van der Waals surface area contributed by atoms with E-state index in [2.05, 4.69) is 12.2 Å². The molecule has 122 valence electrons. The third kappa shape index (κ3) is 3.49. The number of amides is 1. The Hall–Kier alpha value is -3.01. The van der Waals surface area contributed by atoms with Crippen molar-refractivity contribution in [2.24, 2.45) is 0 Å². The minimum Gasteiger partial charge on any atom is -0.497 e. The van der Waals surface area contributed by atoms with Crippen LogP contribution in [-0.2, 0) is 11.2 Å². The summed E-state index contributed by atoms with van der Waals surface area (Å²) in [5.74, 6) is 1.21. The number of aryl methyl sites for hydroxylation is 1. The van der Waals surface area contributed by atoms with Crippen LogP contribution in [0.1, 0.15) is 18.1 Å². The average molecular weight is 321 g/mol. The molecule has 0 bridgehead atoms. The monoisotopic (exact) mass is 321 g/mol. The number of rotatable bonds is 4. The van der Waals surface area contributed by atoms with Gasteiger partial charge in [-0.3, -0.25) is 4.79 Å². The van der Waals surface area contributed by atoms with Gasteiger partial charge in [0.1, 0.15) is 11.5 Å². The lowest BCUT2D eigenvalue weighted by molar-refractivity contribution is -0.112. The van der Waals surface area contributed by atoms with Gasteiger partial charge < -0.3 is 14.8 Å². The molecular formula is C20H19NO3. The molecule has 0 saturated heterocycles. The molecule has 24 heavy (non-hydrogen) atoms. The Morgan fingerprint density at radius 1 is 1.17 bits per heavy atom. The van der Waals surface area contributed by atoms with Crippen molar-refractivity contribution in [3.63, 3.8) is 0 Å². The number of ether oxygens (including phenoxy) is 2. The summed E-state index contributed by atoms with van der Waals surface area (Å²) in [6.07, 6.45) is 5.93. The molecule has 1 amide bonds. The van der Waals surface area contributed by atoms with E-state index >= 15 is 0 Å².